The topological polar surface area (TPSA) is 26.0 Å². The number of nitrogens with two attached hydrogens (primary N) is 1. The first-order chi connectivity index (χ1) is 10.5. The third kappa shape index (κ3) is 2.44. The maximum atomic E-state index is 6.30. The van der Waals surface area contributed by atoms with Crippen LogP contribution in [-0.4, -0.2) is 6.04 Å². The van der Waals surface area contributed by atoms with Gasteiger partial charge in [0.1, 0.15) is 0 Å². The van der Waals surface area contributed by atoms with E-state index in [-0.39, 0.29) is 12.4 Å². The fourth-order valence-corrected chi connectivity index (χ4v) is 7.61. The van der Waals surface area contributed by atoms with Crippen molar-refractivity contribution in [2.45, 2.75) is 84.6 Å². The average molecular weight is 338 g/mol. The molecule has 0 saturated heterocycles. The molecule has 4 aliphatic carbocycles. The summed E-state index contributed by atoms with van der Waals surface area (Å²) in [5, 5.41) is 0. The van der Waals surface area contributed by atoms with Crippen LogP contribution in [0.25, 0.3) is 0 Å². The molecule has 4 aliphatic rings. The molecule has 2 N–H and O–H groups in total. The van der Waals surface area contributed by atoms with Crippen LogP contribution in [0.3, 0.4) is 0 Å². The summed E-state index contributed by atoms with van der Waals surface area (Å²) in [5.74, 6) is 3.90. The van der Waals surface area contributed by atoms with Crippen molar-refractivity contribution < 1.29 is 0 Å². The van der Waals surface area contributed by atoms with Crippen molar-refractivity contribution in [3.63, 3.8) is 0 Å². The van der Waals surface area contributed by atoms with Crippen LogP contribution in [0.2, 0.25) is 0 Å². The Kier molecular flexibility index (Phi) is 4.69. The van der Waals surface area contributed by atoms with Crippen LogP contribution in [0, 0.1) is 34.5 Å². The lowest BCUT2D eigenvalue weighted by Crippen LogP contribution is -2.54. The van der Waals surface area contributed by atoms with Crippen molar-refractivity contribution in [2.24, 2.45) is 40.2 Å². The van der Waals surface area contributed by atoms with E-state index in [1.807, 2.05) is 0 Å². The van der Waals surface area contributed by atoms with Gasteiger partial charge in [-0.1, -0.05) is 25.5 Å². The number of hydrogen-bond donors (Lipinski definition) is 1. The number of hydrogen-bond acceptors (Lipinski definition) is 1. The highest BCUT2D eigenvalue weighted by Gasteiger charge is 2.58. The van der Waals surface area contributed by atoms with Gasteiger partial charge in [0.2, 0.25) is 0 Å². The van der Waals surface area contributed by atoms with E-state index in [1.54, 1.807) is 5.57 Å². The molecule has 0 aromatic rings. The van der Waals surface area contributed by atoms with Crippen molar-refractivity contribution in [3.8, 4) is 0 Å². The fraction of sp³-hybridized carbons (Fsp3) is 0.905. The maximum absolute atomic E-state index is 6.30. The van der Waals surface area contributed by atoms with Crippen LogP contribution < -0.4 is 5.73 Å². The zero-order valence-electron chi connectivity index (χ0n) is 15.3. The van der Waals surface area contributed by atoms with Crippen LogP contribution >= 0.6 is 12.4 Å². The Bertz CT molecular complexity index is 486. The summed E-state index contributed by atoms with van der Waals surface area (Å²) in [7, 11) is 0. The zero-order chi connectivity index (χ0) is 15.5. The molecule has 4 rings (SSSR count). The summed E-state index contributed by atoms with van der Waals surface area (Å²) in [6.07, 6.45) is 15.2. The Balaban J connectivity index is 0.00000156. The second-order valence-electron chi connectivity index (χ2n) is 9.50. The molecule has 0 amide bonds. The summed E-state index contributed by atoms with van der Waals surface area (Å²) in [6.45, 7) is 7.52. The van der Waals surface area contributed by atoms with E-state index in [9.17, 15) is 0 Å². The SMILES string of the molecule is C/C=C1/CC[C@H]2[C@@H]3CC[C@@H]4C[C@H](N)CC[C@]4(C)[C@H]3CC[C@]12C.Cl. The van der Waals surface area contributed by atoms with E-state index in [0.717, 1.165) is 23.7 Å². The molecule has 7 atom stereocenters. The molecule has 1 nitrogen and oxygen atoms in total. The van der Waals surface area contributed by atoms with E-state index in [0.29, 0.717) is 16.9 Å². The van der Waals surface area contributed by atoms with Crippen molar-refractivity contribution in [1.29, 1.82) is 0 Å². The number of rotatable bonds is 0. The normalized spacial score (nSPS) is 53.9. The van der Waals surface area contributed by atoms with Crippen LogP contribution in [0.1, 0.15) is 78.6 Å². The van der Waals surface area contributed by atoms with Crippen LogP contribution in [-0.2, 0) is 0 Å². The highest BCUT2D eigenvalue weighted by Crippen LogP contribution is 2.67. The zero-order valence-corrected chi connectivity index (χ0v) is 16.1. The molecule has 0 heterocycles. The van der Waals surface area contributed by atoms with Crippen LogP contribution in [0.5, 0.6) is 0 Å². The number of allylic oxidation sites excluding steroid dienone is 2. The third-order valence-corrected chi connectivity index (χ3v) is 8.90. The summed E-state index contributed by atoms with van der Waals surface area (Å²) in [4.78, 5) is 0. The lowest BCUT2D eigenvalue weighted by molar-refractivity contribution is -0.0999. The molecule has 0 aliphatic heterocycles. The molecule has 0 radical (unpaired) electrons. The minimum atomic E-state index is 0. The Labute approximate surface area is 149 Å². The van der Waals surface area contributed by atoms with Gasteiger partial charge in [-0.2, -0.15) is 0 Å². The Morgan fingerprint density at radius 2 is 1.78 bits per heavy atom. The lowest BCUT2D eigenvalue weighted by atomic mass is 9.45. The van der Waals surface area contributed by atoms with Crippen molar-refractivity contribution in [3.05, 3.63) is 11.6 Å². The highest BCUT2D eigenvalue weighted by atomic mass is 35.5. The van der Waals surface area contributed by atoms with Gasteiger partial charge >= 0.3 is 0 Å². The molecule has 2 heteroatoms. The van der Waals surface area contributed by atoms with Gasteiger partial charge in [-0.3, -0.25) is 0 Å². The second kappa shape index (κ2) is 6.06. The molecule has 4 saturated carbocycles. The second-order valence-corrected chi connectivity index (χ2v) is 9.50. The van der Waals surface area contributed by atoms with Gasteiger partial charge in [-0.05, 0) is 99.2 Å². The van der Waals surface area contributed by atoms with Crippen LogP contribution in [0.4, 0.5) is 0 Å². The minimum Gasteiger partial charge on any atom is -0.328 e. The standard InChI is InChI=1S/C21H35N.ClH/c1-4-14-6-8-18-17-7-5-15-13-16(22)9-11-21(15,3)19(17)10-12-20(14,18)2;/h4,15-19H,5-13,22H2,1-3H3;1H/b14-4-;/t15-,16-,17+,18+,19+,20-,21+;/m1./s1. The first-order valence-corrected chi connectivity index (χ1v) is 9.90. The van der Waals surface area contributed by atoms with Gasteiger partial charge in [0.05, 0.1) is 0 Å². The largest absolute Gasteiger partial charge is 0.328 e. The van der Waals surface area contributed by atoms with Gasteiger partial charge in [0, 0.05) is 6.04 Å². The van der Waals surface area contributed by atoms with E-state index >= 15 is 0 Å². The first-order valence-electron chi connectivity index (χ1n) is 9.90. The third-order valence-electron chi connectivity index (χ3n) is 8.90. The molecule has 23 heavy (non-hydrogen) atoms. The van der Waals surface area contributed by atoms with E-state index < -0.39 is 0 Å². The van der Waals surface area contributed by atoms with Gasteiger partial charge in [0.15, 0.2) is 0 Å². The maximum Gasteiger partial charge on any atom is 0.00418 e. The average Bonchev–Trinajstić information content (AvgIpc) is 2.84. The van der Waals surface area contributed by atoms with E-state index in [2.05, 4.69) is 26.8 Å². The van der Waals surface area contributed by atoms with Crippen molar-refractivity contribution in [2.75, 3.05) is 0 Å². The van der Waals surface area contributed by atoms with Crippen LogP contribution in [0.15, 0.2) is 11.6 Å². The summed E-state index contributed by atoms with van der Waals surface area (Å²) in [5.41, 5.74) is 9.25. The Morgan fingerprint density at radius 3 is 2.52 bits per heavy atom. The van der Waals surface area contributed by atoms with Crippen molar-refractivity contribution in [1.82, 2.24) is 0 Å². The van der Waals surface area contributed by atoms with E-state index in [4.69, 9.17) is 5.73 Å². The molecule has 4 fully saturated rings. The first kappa shape index (κ1) is 17.8. The molecule has 132 valence electrons. The molecule has 0 unspecified atom stereocenters. The minimum absolute atomic E-state index is 0. The van der Waals surface area contributed by atoms with Gasteiger partial charge in [-0.25, -0.2) is 0 Å². The summed E-state index contributed by atoms with van der Waals surface area (Å²) in [6, 6.07) is 0.490. The summed E-state index contributed by atoms with van der Waals surface area (Å²) >= 11 is 0. The molecule has 0 spiro atoms. The van der Waals surface area contributed by atoms with E-state index in [1.165, 1.54) is 57.8 Å². The monoisotopic (exact) mass is 337 g/mol. The number of halogens is 1. The quantitative estimate of drug-likeness (QED) is 0.561. The molecule has 0 aromatic heterocycles. The fourth-order valence-electron chi connectivity index (χ4n) is 7.61. The summed E-state index contributed by atoms with van der Waals surface area (Å²) < 4.78 is 0. The Hall–Kier alpha value is -0.0100. The van der Waals surface area contributed by atoms with Gasteiger partial charge < -0.3 is 5.73 Å². The van der Waals surface area contributed by atoms with Gasteiger partial charge in [-0.15, -0.1) is 12.4 Å². The molecule has 0 bridgehead atoms. The number of fused-ring (bicyclic) bond motifs is 5. The Morgan fingerprint density at radius 1 is 1.00 bits per heavy atom. The van der Waals surface area contributed by atoms with Gasteiger partial charge in [0.25, 0.3) is 0 Å². The highest BCUT2D eigenvalue weighted by molar-refractivity contribution is 5.85. The smallest absolute Gasteiger partial charge is 0.00418 e. The van der Waals surface area contributed by atoms with Crippen molar-refractivity contribution >= 4 is 12.4 Å². The predicted molar refractivity (Wildman–Crippen MR) is 101 cm³/mol. The molecule has 0 aromatic carbocycles. The molecular weight excluding hydrogens is 302 g/mol. The predicted octanol–water partition coefficient (Wildman–Crippen LogP) is 5.72. The lowest BCUT2D eigenvalue weighted by Gasteiger charge is -2.60. The molecular formula is C21H36ClN.